The van der Waals surface area contributed by atoms with Crippen molar-refractivity contribution in [1.82, 2.24) is 9.78 Å². The van der Waals surface area contributed by atoms with Crippen molar-refractivity contribution in [3.8, 4) is 11.6 Å². The third kappa shape index (κ3) is 2.64. The zero-order valence-electron chi connectivity index (χ0n) is 12.9. The largest absolute Gasteiger partial charge is 0.437 e. The maximum Gasteiger partial charge on any atom is 0.241 e. The van der Waals surface area contributed by atoms with Crippen molar-refractivity contribution in [2.45, 2.75) is 47.1 Å². The molecule has 0 spiro atoms. The van der Waals surface area contributed by atoms with Gasteiger partial charge in [-0.1, -0.05) is 26.0 Å². The van der Waals surface area contributed by atoms with Crippen LogP contribution in [0.2, 0.25) is 0 Å². The smallest absolute Gasteiger partial charge is 0.241 e. The van der Waals surface area contributed by atoms with Gasteiger partial charge in [0.25, 0.3) is 0 Å². The minimum atomic E-state index is 0.394. The molecular formula is C16H23N3O. The molecule has 0 saturated heterocycles. The predicted molar refractivity (Wildman–Crippen MR) is 82.4 cm³/mol. The van der Waals surface area contributed by atoms with Gasteiger partial charge in [0.1, 0.15) is 11.4 Å². The van der Waals surface area contributed by atoms with Gasteiger partial charge >= 0.3 is 0 Å². The summed E-state index contributed by atoms with van der Waals surface area (Å²) in [6, 6.07) is 6.27. The lowest BCUT2D eigenvalue weighted by Crippen LogP contribution is -2.03. The van der Waals surface area contributed by atoms with E-state index in [4.69, 9.17) is 10.5 Å². The number of aryl methyl sites for hydroxylation is 3. The average Bonchev–Trinajstić information content (AvgIpc) is 2.66. The number of aromatic nitrogens is 2. The summed E-state index contributed by atoms with van der Waals surface area (Å²) in [7, 11) is 0. The quantitative estimate of drug-likeness (QED) is 0.915. The van der Waals surface area contributed by atoms with Gasteiger partial charge in [-0.25, -0.2) is 4.68 Å². The van der Waals surface area contributed by atoms with Gasteiger partial charge in [-0.05, 0) is 43.9 Å². The summed E-state index contributed by atoms with van der Waals surface area (Å²) in [5.41, 5.74) is 9.85. The van der Waals surface area contributed by atoms with Crippen LogP contribution in [0.3, 0.4) is 0 Å². The van der Waals surface area contributed by atoms with Crippen LogP contribution in [-0.2, 0) is 6.54 Å². The van der Waals surface area contributed by atoms with E-state index in [0.29, 0.717) is 17.5 Å². The van der Waals surface area contributed by atoms with E-state index in [9.17, 15) is 0 Å². The Morgan fingerprint density at radius 1 is 1.30 bits per heavy atom. The first-order chi connectivity index (χ1) is 9.43. The molecule has 4 nitrogen and oxygen atoms in total. The molecule has 2 aromatic rings. The molecule has 0 bridgehead atoms. The summed E-state index contributed by atoms with van der Waals surface area (Å²) < 4.78 is 7.90. The normalized spacial score (nSPS) is 11.1. The Bertz CT molecular complexity index is 614. The Morgan fingerprint density at radius 2 is 2.00 bits per heavy atom. The molecule has 1 aromatic carbocycles. The second-order valence-electron chi connectivity index (χ2n) is 5.42. The standard InChI is InChI=1S/C16H23N3O/c1-6-19-16(15(17)12(5)18-19)20-14-9-11(4)7-8-13(14)10(2)3/h7-10H,6,17H2,1-5H3. The monoisotopic (exact) mass is 273 g/mol. The molecule has 0 aliphatic rings. The molecule has 2 N–H and O–H groups in total. The highest BCUT2D eigenvalue weighted by Crippen LogP contribution is 2.35. The van der Waals surface area contributed by atoms with E-state index in [1.165, 1.54) is 11.1 Å². The van der Waals surface area contributed by atoms with E-state index < -0.39 is 0 Å². The molecule has 0 radical (unpaired) electrons. The second kappa shape index (κ2) is 5.57. The highest BCUT2D eigenvalue weighted by molar-refractivity contribution is 5.55. The average molecular weight is 273 g/mol. The molecular weight excluding hydrogens is 250 g/mol. The fraction of sp³-hybridized carbons (Fsp3) is 0.438. The lowest BCUT2D eigenvalue weighted by atomic mass is 10.0. The number of nitrogens with two attached hydrogens (primary N) is 1. The molecule has 0 aliphatic carbocycles. The van der Waals surface area contributed by atoms with Crippen LogP contribution in [0.25, 0.3) is 0 Å². The number of rotatable bonds is 4. The maximum absolute atomic E-state index is 6.10. The van der Waals surface area contributed by atoms with Crippen molar-refractivity contribution in [3.63, 3.8) is 0 Å². The lowest BCUT2D eigenvalue weighted by molar-refractivity contribution is 0.412. The van der Waals surface area contributed by atoms with Gasteiger partial charge < -0.3 is 10.5 Å². The Hall–Kier alpha value is -1.97. The molecule has 108 valence electrons. The van der Waals surface area contributed by atoms with Gasteiger partial charge in [-0.15, -0.1) is 0 Å². The Labute approximate surface area is 120 Å². The van der Waals surface area contributed by atoms with Gasteiger partial charge in [0.15, 0.2) is 0 Å². The minimum Gasteiger partial charge on any atom is -0.437 e. The topological polar surface area (TPSA) is 53.1 Å². The summed E-state index contributed by atoms with van der Waals surface area (Å²) in [5.74, 6) is 1.89. The molecule has 20 heavy (non-hydrogen) atoms. The van der Waals surface area contributed by atoms with Crippen LogP contribution in [0.1, 0.15) is 43.5 Å². The molecule has 4 heteroatoms. The number of nitrogens with zero attached hydrogens (tertiary/aromatic N) is 2. The summed E-state index contributed by atoms with van der Waals surface area (Å²) >= 11 is 0. The molecule has 0 fully saturated rings. The summed E-state index contributed by atoms with van der Waals surface area (Å²) in [6.45, 7) is 11.0. The highest BCUT2D eigenvalue weighted by atomic mass is 16.5. The first kappa shape index (κ1) is 14.4. The van der Waals surface area contributed by atoms with Crippen molar-refractivity contribution in [2.75, 3.05) is 5.73 Å². The van der Waals surface area contributed by atoms with Gasteiger partial charge in [-0.3, -0.25) is 0 Å². The molecule has 1 heterocycles. The van der Waals surface area contributed by atoms with E-state index >= 15 is 0 Å². The number of nitrogen functional groups attached to an aromatic ring is 1. The summed E-state index contributed by atoms with van der Waals surface area (Å²) in [4.78, 5) is 0. The predicted octanol–water partition coefficient (Wildman–Crippen LogP) is 4.02. The van der Waals surface area contributed by atoms with Gasteiger partial charge in [0.2, 0.25) is 5.88 Å². The van der Waals surface area contributed by atoms with Crippen molar-refractivity contribution in [2.24, 2.45) is 0 Å². The van der Waals surface area contributed by atoms with Crippen molar-refractivity contribution in [3.05, 3.63) is 35.0 Å². The zero-order valence-corrected chi connectivity index (χ0v) is 12.9. The number of anilines is 1. The van der Waals surface area contributed by atoms with Crippen LogP contribution in [0.5, 0.6) is 11.6 Å². The van der Waals surface area contributed by atoms with Crippen molar-refractivity contribution in [1.29, 1.82) is 0 Å². The third-order valence-electron chi connectivity index (χ3n) is 3.42. The summed E-state index contributed by atoms with van der Waals surface area (Å²) in [5, 5.41) is 4.39. The molecule has 0 amide bonds. The van der Waals surface area contributed by atoms with Crippen LogP contribution >= 0.6 is 0 Å². The van der Waals surface area contributed by atoms with E-state index in [0.717, 1.165) is 18.0 Å². The van der Waals surface area contributed by atoms with Crippen LogP contribution in [0.15, 0.2) is 18.2 Å². The highest BCUT2D eigenvalue weighted by Gasteiger charge is 2.16. The Kier molecular flexibility index (Phi) is 4.02. The maximum atomic E-state index is 6.10. The first-order valence-electron chi connectivity index (χ1n) is 7.05. The zero-order chi connectivity index (χ0) is 14.9. The molecule has 0 aliphatic heterocycles. The second-order valence-corrected chi connectivity index (χ2v) is 5.42. The number of benzene rings is 1. The molecule has 1 aromatic heterocycles. The van der Waals surface area contributed by atoms with E-state index in [-0.39, 0.29) is 0 Å². The van der Waals surface area contributed by atoms with Crippen LogP contribution in [0, 0.1) is 13.8 Å². The van der Waals surface area contributed by atoms with E-state index in [1.807, 2.05) is 13.8 Å². The van der Waals surface area contributed by atoms with Crippen LogP contribution in [0.4, 0.5) is 5.69 Å². The number of hydrogen-bond donors (Lipinski definition) is 1. The molecule has 0 saturated carbocycles. The van der Waals surface area contributed by atoms with Crippen molar-refractivity contribution < 1.29 is 4.74 Å². The Balaban J connectivity index is 2.47. The first-order valence-corrected chi connectivity index (χ1v) is 7.05. The minimum absolute atomic E-state index is 0.394. The molecule has 0 unspecified atom stereocenters. The lowest BCUT2D eigenvalue weighted by Gasteiger charge is -2.15. The fourth-order valence-corrected chi connectivity index (χ4v) is 2.21. The summed E-state index contributed by atoms with van der Waals surface area (Å²) in [6.07, 6.45) is 0. The molecule has 2 rings (SSSR count). The fourth-order valence-electron chi connectivity index (χ4n) is 2.21. The van der Waals surface area contributed by atoms with E-state index in [2.05, 4.69) is 44.1 Å². The van der Waals surface area contributed by atoms with Crippen LogP contribution in [-0.4, -0.2) is 9.78 Å². The van der Waals surface area contributed by atoms with Crippen molar-refractivity contribution >= 4 is 5.69 Å². The van der Waals surface area contributed by atoms with E-state index in [1.54, 1.807) is 4.68 Å². The number of ether oxygens (including phenoxy) is 1. The SMILES string of the molecule is CCn1nc(C)c(N)c1Oc1cc(C)ccc1C(C)C. The van der Waals surface area contributed by atoms with Crippen LogP contribution < -0.4 is 10.5 Å². The van der Waals surface area contributed by atoms with Gasteiger partial charge in [0, 0.05) is 6.54 Å². The number of hydrogen-bond acceptors (Lipinski definition) is 3. The molecule has 0 atom stereocenters. The third-order valence-corrected chi connectivity index (χ3v) is 3.42. The van der Waals surface area contributed by atoms with Gasteiger partial charge in [-0.2, -0.15) is 5.10 Å². The Morgan fingerprint density at radius 3 is 2.60 bits per heavy atom. The van der Waals surface area contributed by atoms with Gasteiger partial charge in [0.05, 0.1) is 5.69 Å².